The summed E-state index contributed by atoms with van der Waals surface area (Å²) in [6.45, 7) is 0. The van der Waals surface area contributed by atoms with Crippen molar-refractivity contribution < 1.29 is 9.90 Å². The monoisotopic (exact) mass is 240 g/mol. The van der Waals surface area contributed by atoms with E-state index in [0.29, 0.717) is 11.3 Å². The highest BCUT2D eigenvalue weighted by Crippen LogP contribution is 2.18. The topological polar surface area (TPSA) is 98.9 Å². The molecule has 0 aliphatic rings. The molecule has 1 aromatic heterocycles. The highest BCUT2D eigenvalue weighted by atomic mass is 16.4. The lowest BCUT2D eigenvalue weighted by Gasteiger charge is -2.07. The molecule has 0 atom stereocenters. The van der Waals surface area contributed by atoms with Crippen molar-refractivity contribution in [3.63, 3.8) is 0 Å². The summed E-state index contributed by atoms with van der Waals surface area (Å²) in [6.07, 6.45) is 2.47. The Balaban J connectivity index is 2.34. The van der Waals surface area contributed by atoms with Crippen molar-refractivity contribution in [3.05, 3.63) is 47.9 Å². The predicted octanol–water partition coefficient (Wildman–Crippen LogP) is 1.79. The molecule has 0 amide bonds. The zero-order valence-corrected chi connectivity index (χ0v) is 9.16. The minimum Gasteiger partial charge on any atom is -0.477 e. The number of nitrogens with one attached hydrogen (secondary N) is 1. The van der Waals surface area contributed by atoms with E-state index in [1.807, 2.05) is 6.07 Å². The molecule has 1 aromatic carbocycles. The fourth-order valence-corrected chi connectivity index (χ4v) is 1.39. The van der Waals surface area contributed by atoms with Crippen LogP contribution in [-0.2, 0) is 0 Å². The number of carboxylic acid groups (broad SMARTS) is 1. The fraction of sp³-hybridized carbons (Fsp3) is 0. The molecule has 0 bridgehead atoms. The van der Waals surface area contributed by atoms with E-state index in [1.165, 1.54) is 12.5 Å². The molecule has 2 rings (SSSR count). The van der Waals surface area contributed by atoms with Gasteiger partial charge in [-0.2, -0.15) is 5.26 Å². The normalized spacial score (nSPS) is 9.50. The highest BCUT2D eigenvalue weighted by Gasteiger charge is 2.11. The van der Waals surface area contributed by atoms with Crippen LogP contribution >= 0.6 is 0 Å². The van der Waals surface area contributed by atoms with Crippen LogP contribution in [0.2, 0.25) is 0 Å². The number of nitrogens with zero attached hydrogens (tertiary/aromatic N) is 3. The van der Waals surface area contributed by atoms with E-state index < -0.39 is 5.97 Å². The average molecular weight is 240 g/mol. The molecule has 1 heterocycles. The van der Waals surface area contributed by atoms with Crippen LogP contribution in [0.3, 0.4) is 0 Å². The molecule has 0 saturated carbocycles. The van der Waals surface area contributed by atoms with Crippen LogP contribution in [-0.4, -0.2) is 21.0 Å². The maximum Gasteiger partial charge on any atom is 0.341 e. The van der Waals surface area contributed by atoms with Crippen LogP contribution < -0.4 is 5.32 Å². The number of nitriles is 1. The second kappa shape index (κ2) is 4.93. The fourth-order valence-electron chi connectivity index (χ4n) is 1.39. The standard InChI is InChI=1S/C12H8N4O2/c13-5-8-2-1-3-9(4-8)16-11-10(12(17)18)6-14-7-15-11/h1-4,6-7H,(H,17,18)(H,14,15,16). The van der Waals surface area contributed by atoms with Gasteiger partial charge in [0, 0.05) is 11.9 Å². The van der Waals surface area contributed by atoms with Crippen molar-refractivity contribution >= 4 is 17.5 Å². The Hall–Kier alpha value is -2.94. The smallest absolute Gasteiger partial charge is 0.341 e. The van der Waals surface area contributed by atoms with Crippen molar-refractivity contribution in [1.29, 1.82) is 5.26 Å². The van der Waals surface area contributed by atoms with Crippen LogP contribution in [0.1, 0.15) is 15.9 Å². The number of carbonyl (C=O) groups is 1. The second-order valence-corrected chi connectivity index (χ2v) is 3.41. The maximum absolute atomic E-state index is 11.0. The molecule has 6 nitrogen and oxygen atoms in total. The largest absolute Gasteiger partial charge is 0.477 e. The molecule has 0 spiro atoms. The Morgan fingerprint density at radius 3 is 3.00 bits per heavy atom. The van der Waals surface area contributed by atoms with Gasteiger partial charge < -0.3 is 10.4 Å². The molecule has 18 heavy (non-hydrogen) atoms. The number of aromatic nitrogens is 2. The Bertz CT molecular complexity index is 634. The van der Waals surface area contributed by atoms with Crippen LogP contribution in [0.4, 0.5) is 11.5 Å². The minimum atomic E-state index is -1.12. The summed E-state index contributed by atoms with van der Waals surface area (Å²) in [7, 11) is 0. The van der Waals surface area contributed by atoms with Crippen LogP contribution in [0.25, 0.3) is 0 Å². The second-order valence-electron chi connectivity index (χ2n) is 3.41. The summed E-state index contributed by atoms with van der Waals surface area (Å²) in [5, 5.41) is 20.6. The van der Waals surface area contributed by atoms with Crippen LogP contribution in [0, 0.1) is 11.3 Å². The summed E-state index contributed by atoms with van der Waals surface area (Å²) >= 11 is 0. The third-order valence-electron chi connectivity index (χ3n) is 2.20. The molecule has 0 aliphatic heterocycles. The number of carboxylic acids is 1. The van der Waals surface area contributed by atoms with E-state index in [1.54, 1.807) is 24.3 Å². The number of benzene rings is 1. The van der Waals surface area contributed by atoms with Crippen molar-refractivity contribution in [3.8, 4) is 6.07 Å². The molecule has 0 radical (unpaired) electrons. The van der Waals surface area contributed by atoms with Gasteiger partial charge in [-0.25, -0.2) is 14.8 Å². The number of rotatable bonds is 3. The molecule has 2 N–H and O–H groups in total. The average Bonchev–Trinajstić information content (AvgIpc) is 2.39. The Kier molecular flexibility index (Phi) is 3.16. The van der Waals surface area contributed by atoms with Crippen LogP contribution in [0.5, 0.6) is 0 Å². The number of aromatic carboxylic acids is 1. The third kappa shape index (κ3) is 2.41. The summed E-state index contributed by atoms with van der Waals surface area (Å²) in [6, 6.07) is 8.68. The van der Waals surface area contributed by atoms with Crippen molar-refractivity contribution in [2.45, 2.75) is 0 Å². The van der Waals surface area contributed by atoms with Crippen molar-refractivity contribution in [2.24, 2.45) is 0 Å². The number of hydrogen-bond acceptors (Lipinski definition) is 5. The van der Waals surface area contributed by atoms with Gasteiger partial charge in [0.05, 0.1) is 11.6 Å². The first-order valence-corrected chi connectivity index (χ1v) is 5.01. The molecule has 0 aliphatic carbocycles. The summed E-state index contributed by atoms with van der Waals surface area (Å²) in [4.78, 5) is 18.5. The van der Waals surface area contributed by atoms with Gasteiger partial charge in [0.2, 0.25) is 0 Å². The van der Waals surface area contributed by atoms with Crippen molar-refractivity contribution in [1.82, 2.24) is 9.97 Å². The Morgan fingerprint density at radius 2 is 2.28 bits per heavy atom. The molecule has 6 heteroatoms. The lowest BCUT2D eigenvalue weighted by Crippen LogP contribution is -2.05. The van der Waals surface area contributed by atoms with Gasteiger partial charge in [0.15, 0.2) is 0 Å². The van der Waals surface area contributed by atoms with Gasteiger partial charge in [-0.3, -0.25) is 0 Å². The first-order chi connectivity index (χ1) is 8.70. The Labute approximate surface area is 103 Å². The van der Waals surface area contributed by atoms with E-state index in [2.05, 4.69) is 15.3 Å². The Morgan fingerprint density at radius 1 is 1.44 bits per heavy atom. The van der Waals surface area contributed by atoms with Gasteiger partial charge >= 0.3 is 5.97 Å². The summed E-state index contributed by atoms with van der Waals surface area (Å²) in [5.74, 6) is -0.929. The lowest BCUT2D eigenvalue weighted by atomic mass is 10.2. The summed E-state index contributed by atoms with van der Waals surface area (Å²) in [5.41, 5.74) is 1.04. The zero-order valence-electron chi connectivity index (χ0n) is 9.16. The molecule has 0 unspecified atom stereocenters. The van der Waals surface area contributed by atoms with E-state index in [9.17, 15) is 4.79 Å². The van der Waals surface area contributed by atoms with Crippen molar-refractivity contribution in [2.75, 3.05) is 5.32 Å². The molecule has 88 valence electrons. The number of hydrogen-bond donors (Lipinski definition) is 2. The van der Waals surface area contributed by atoms with Gasteiger partial charge in [-0.05, 0) is 18.2 Å². The minimum absolute atomic E-state index is 0.0279. The first kappa shape index (κ1) is 11.5. The zero-order chi connectivity index (χ0) is 13.0. The van der Waals surface area contributed by atoms with Gasteiger partial charge in [0.1, 0.15) is 17.7 Å². The SMILES string of the molecule is N#Cc1cccc(Nc2ncncc2C(=O)O)c1. The lowest BCUT2D eigenvalue weighted by molar-refractivity contribution is 0.0697. The van der Waals surface area contributed by atoms with Gasteiger partial charge in [-0.1, -0.05) is 6.07 Å². The molecular formula is C12H8N4O2. The predicted molar refractivity (Wildman–Crippen MR) is 63.4 cm³/mol. The van der Waals surface area contributed by atoms with E-state index in [4.69, 9.17) is 10.4 Å². The van der Waals surface area contributed by atoms with Gasteiger partial charge in [-0.15, -0.1) is 0 Å². The molecule has 0 fully saturated rings. The van der Waals surface area contributed by atoms with E-state index in [0.717, 1.165) is 0 Å². The molecule has 2 aromatic rings. The molecule has 0 saturated heterocycles. The van der Waals surface area contributed by atoms with Crippen LogP contribution in [0.15, 0.2) is 36.8 Å². The number of anilines is 2. The highest BCUT2D eigenvalue weighted by molar-refractivity contribution is 5.93. The third-order valence-corrected chi connectivity index (χ3v) is 2.20. The first-order valence-electron chi connectivity index (χ1n) is 5.01. The molecular weight excluding hydrogens is 232 g/mol. The quantitative estimate of drug-likeness (QED) is 0.848. The summed E-state index contributed by atoms with van der Waals surface area (Å²) < 4.78 is 0. The van der Waals surface area contributed by atoms with E-state index in [-0.39, 0.29) is 11.4 Å². The van der Waals surface area contributed by atoms with Gasteiger partial charge in [0.25, 0.3) is 0 Å². The maximum atomic E-state index is 11.0. The van der Waals surface area contributed by atoms with E-state index >= 15 is 0 Å².